The predicted octanol–water partition coefficient (Wildman–Crippen LogP) is 7.73. The van der Waals surface area contributed by atoms with Gasteiger partial charge in [0.15, 0.2) is 0 Å². The maximum absolute atomic E-state index is 13.3. The zero-order valence-corrected chi connectivity index (χ0v) is 33.1. The summed E-state index contributed by atoms with van der Waals surface area (Å²) in [7, 11) is 0. The maximum atomic E-state index is 13.3. The Kier molecular flexibility index (Phi) is 12.6. The Bertz CT molecular complexity index is 2480. The van der Waals surface area contributed by atoms with Crippen LogP contribution in [0.1, 0.15) is 47.9 Å². The lowest BCUT2D eigenvalue weighted by Crippen LogP contribution is -2.36. The van der Waals surface area contributed by atoms with Crippen molar-refractivity contribution in [1.29, 1.82) is 5.26 Å². The van der Waals surface area contributed by atoms with Crippen LogP contribution in [-0.4, -0.2) is 63.6 Å². The second-order valence-corrected chi connectivity index (χ2v) is 15.3. The number of halogens is 3. The molecular formula is C43H39Cl3N6O5. The number of rotatable bonds is 14. The number of nitrogens with one attached hydrogen (secondary N) is 2. The molecule has 2 fully saturated rings. The number of aromatic nitrogens is 2. The van der Waals surface area contributed by atoms with Gasteiger partial charge in [0, 0.05) is 83.9 Å². The number of likely N-dealkylation sites (tertiary alicyclic amines) is 1. The van der Waals surface area contributed by atoms with Gasteiger partial charge < -0.3 is 20.5 Å². The molecule has 292 valence electrons. The van der Waals surface area contributed by atoms with E-state index in [4.69, 9.17) is 44.8 Å². The molecule has 2 saturated heterocycles. The fourth-order valence-electron chi connectivity index (χ4n) is 7.26. The number of amides is 1. The predicted molar refractivity (Wildman–Crippen MR) is 222 cm³/mol. The lowest BCUT2D eigenvalue weighted by atomic mass is 9.97. The zero-order chi connectivity index (χ0) is 40.1. The molecule has 11 nitrogen and oxygen atoms in total. The number of pyridine rings is 1. The molecule has 0 aliphatic carbocycles. The van der Waals surface area contributed by atoms with Crippen molar-refractivity contribution < 1.29 is 19.4 Å². The van der Waals surface area contributed by atoms with E-state index < -0.39 is 11.9 Å². The summed E-state index contributed by atoms with van der Waals surface area (Å²) in [5, 5.41) is 26.2. The van der Waals surface area contributed by atoms with Crippen LogP contribution in [0.5, 0.6) is 5.75 Å². The van der Waals surface area contributed by atoms with Gasteiger partial charge in [0.2, 0.25) is 5.91 Å². The van der Waals surface area contributed by atoms with Crippen molar-refractivity contribution in [2.75, 3.05) is 26.2 Å². The molecular weight excluding hydrogens is 787 g/mol. The van der Waals surface area contributed by atoms with E-state index in [9.17, 15) is 19.5 Å². The number of aliphatic carboxylic acids is 1. The molecule has 2 atom stereocenters. The van der Waals surface area contributed by atoms with E-state index >= 15 is 0 Å². The van der Waals surface area contributed by atoms with Crippen LogP contribution in [0.4, 0.5) is 0 Å². The third-order valence-corrected chi connectivity index (χ3v) is 11.5. The zero-order valence-electron chi connectivity index (χ0n) is 30.8. The van der Waals surface area contributed by atoms with Crippen molar-refractivity contribution in [3.05, 3.63) is 121 Å². The molecule has 4 heterocycles. The van der Waals surface area contributed by atoms with Crippen molar-refractivity contribution in [2.24, 2.45) is 5.92 Å². The second-order valence-electron chi connectivity index (χ2n) is 14.2. The van der Waals surface area contributed by atoms with Crippen LogP contribution in [-0.2, 0) is 22.7 Å². The van der Waals surface area contributed by atoms with Gasteiger partial charge in [-0.05, 0) is 60.3 Å². The number of benzene rings is 3. The number of hydrogen-bond acceptors (Lipinski definition) is 8. The third-order valence-electron chi connectivity index (χ3n) is 10.3. The molecule has 3 aromatic carbocycles. The van der Waals surface area contributed by atoms with Gasteiger partial charge in [0.1, 0.15) is 18.0 Å². The van der Waals surface area contributed by atoms with Crippen LogP contribution < -0.4 is 20.9 Å². The Morgan fingerprint density at radius 3 is 2.53 bits per heavy atom. The summed E-state index contributed by atoms with van der Waals surface area (Å²) >= 11 is 21.0. The standard InChI is InChI=1S/C43H39Cl3N6O5/c44-36-18-30(25-51-15-12-29(24-51)43(55)56)37(57-17-3-14-47)19-28(36)9-8-26-4-1-6-34(40(26)45)35-7-2-5-33(41(35)46)27-13-16-52-38(20-27)49-22-31(42(52)54)21-48-23-32-10-11-39(53)50-32/h1-2,4-9,13,16,18-20,22,29,32,48H,3,10-12,15,17,21,23-25H2,(H,50,53)(H,55,56)/b9-8-/t29-,32+/m1/s1. The van der Waals surface area contributed by atoms with E-state index in [1.165, 1.54) is 4.40 Å². The molecule has 14 heteroatoms. The molecule has 3 N–H and O–H groups in total. The highest BCUT2D eigenvalue weighted by atomic mass is 35.5. The molecule has 0 radical (unpaired) electrons. The van der Waals surface area contributed by atoms with Crippen LogP contribution >= 0.6 is 34.8 Å². The van der Waals surface area contributed by atoms with Crippen molar-refractivity contribution in [3.8, 4) is 34.1 Å². The summed E-state index contributed by atoms with van der Waals surface area (Å²) in [5.74, 6) is -0.576. The fourth-order valence-corrected chi connectivity index (χ4v) is 8.14. The minimum Gasteiger partial charge on any atom is -0.492 e. The Morgan fingerprint density at radius 1 is 1.00 bits per heavy atom. The first-order valence-corrected chi connectivity index (χ1v) is 19.8. The number of carbonyl (C=O) groups is 2. The highest BCUT2D eigenvalue weighted by Crippen LogP contribution is 2.41. The van der Waals surface area contributed by atoms with Gasteiger partial charge in [0.05, 0.1) is 28.5 Å². The molecule has 2 aliphatic heterocycles. The molecule has 0 bridgehead atoms. The molecule has 0 saturated carbocycles. The molecule has 0 unspecified atom stereocenters. The lowest BCUT2D eigenvalue weighted by molar-refractivity contribution is -0.141. The molecule has 1 amide bonds. The Labute approximate surface area is 344 Å². The van der Waals surface area contributed by atoms with Gasteiger partial charge in [-0.3, -0.25) is 23.7 Å². The van der Waals surface area contributed by atoms with Gasteiger partial charge in [-0.2, -0.15) is 5.26 Å². The number of nitrogens with zero attached hydrogens (tertiary/aromatic N) is 4. The van der Waals surface area contributed by atoms with E-state index in [1.807, 2.05) is 72.8 Å². The molecule has 2 aromatic heterocycles. The summed E-state index contributed by atoms with van der Waals surface area (Å²) < 4.78 is 7.51. The number of hydrogen-bond donors (Lipinski definition) is 3. The van der Waals surface area contributed by atoms with Crippen LogP contribution in [0.2, 0.25) is 15.1 Å². The number of nitriles is 1. The van der Waals surface area contributed by atoms with Crippen molar-refractivity contribution in [1.82, 2.24) is 24.9 Å². The number of carbonyl (C=O) groups excluding carboxylic acids is 1. The Hall–Kier alpha value is -5.22. The van der Waals surface area contributed by atoms with E-state index in [0.29, 0.717) is 83.2 Å². The molecule has 7 rings (SSSR count). The van der Waals surface area contributed by atoms with Crippen LogP contribution in [0.25, 0.3) is 40.1 Å². The Balaban J connectivity index is 1.11. The van der Waals surface area contributed by atoms with Gasteiger partial charge >= 0.3 is 5.97 Å². The van der Waals surface area contributed by atoms with Gasteiger partial charge in [-0.15, -0.1) is 0 Å². The SMILES string of the molecule is N#CCCOc1cc(/C=C\c2cccc(-c3cccc(-c4ccn5c(=O)c(CNC[C@@H]6CCC(=O)N6)cnc5c4)c3Cl)c2Cl)c(Cl)cc1CN1CC[C@@H](C(=O)O)C1. The third kappa shape index (κ3) is 9.17. The number of carboxylic acids is 1. The van der Waals surface area contributed by atoms with Crippen molar-refractivity contribution in [3.63, 3.8) is 0 Å². The van der Waals surface area contributed by atoms with Crippen LogP contribution in [0.15, 0.2) is 77.9 Å². The van der Waals surface area contributed by atoms with E-state index in [-0.39, 0.29) is 30.5 Å². The summed E-state index contributed by atoms with van der Waals surface area (Å²) in [6, 6.07) is 20.9. The topological polar surface area (TPSA) is 149 Å². The van der Waals surface area contributed by atoms with Crippen molar-refractivity contribution in [2.45, 2.75) is 44.8 Å². The average Bonchev–Trinajstić information content (AvgIpc) is 3.85. The summed E-state index contributed by atoms with van der Waals surface area (Å²) in [6.45, 7) is 2.69. The van der Waals surface area contributed by atoms with E-state index in [0.717, 1.165) is 39.8 Å². The summed E-state index contributed by atoms with van der Waals surface area (Å²) in [5.41, 5.74) is 6.02. The first kappa shape index (κ1) is 40.0. The first-order chi connectivity index (χ1) is 27.6. The van der Waals surface area contributed by atoms with Crippen LogP contribution in [0.3, 0.4) is 0 Å². The van der Waals surface area contributed by atoms with Gasteiger partial charge in [-0.25, -0.2) is 4.98 Å². The maximum Gasteiger partial charge on any atom is 0.307 e. The Morgan fingerprint density at radius 2 is 1.77 bits per heavy atom. The largest absolute Gasteiger partial charge is 0.492 e. The van der Waals surface area contributed by atoms with E-state index in [1.54, 1.807) is 12.4 Å². The van der Waals surface area contributed by atoms with E-state index in [2.05, 4.69) is 26.6 Å². The molecule has 2 aliphatic rings. The number of carboxylic acid groups (broad SMARTS) is 1. The quantitative estimate of drug-likeness (QED) is 0.0756. The smallest absolute Gasteiger partial charge is 0.307 e. The van der Waals surface area contributed by atoms with Gasteiger partial charge in [-0.1, -0.05) is 83.4 Å². The highest BCUT2D eigenvalue weighted by Gasteiger charge is 2.28. The fraction of sp³-hybridized carbons (Fsp3) is 0.279. The second kappa shape index (κ2) is 17.9. The first-order valence-electron chi connectivity index (χ1n) is 18.6. The van der Waals surface area contributed by atoms with Gasteiger partial charge in [0.25, 0.3) is 5.56 Å². The molecule has 0 spiro atoms. The van der Waals surface area contributed by atoms with Crippen LogP contribution in [0, 0.1) is 17.2 Å². The summed E-state index contributed by atoms with van der Waals surface area (Å²) in [4.78, 5) is 42.9. The lowest BCUT2D eigenvalue weighted by Gasteiger charge is -2.19. The number of ether oxygens (including phenoxy) is 1. The average molecular weight is 826 g/mol. The normalized spacial score (nSPS) is 17.0. The molecule has 57 heavy (non-hydrogen) atoms. The van der Waals surface area contributed by atoms with Crippen molar-refractivity contribution >= 4 is 64.5 Å². The highest BCUT2D eigenvalue weighted by molar-refractivity contribution is 6.39. The monoisotopic (exact) mass is 824 g/mol. The number of fused-ring (bicyclic) bond motifs is 1. The minimum absolute atomic E-state index is 0.0506. The minimum atomic E-state index is -0.797. The summed E-state index contributed by atoms with van der Waals surface area (Å²) in [6.07, 6.45) is 9.08. The molecule has 5 aromatic rings.